The molecule has 2 aromatic carbocycles. The van der Waals surface area contributed by atoms with E-state index in [4.69, 9.17) is 9.47 Å². The fourth-order valence-electron chi connectivity index (χ4n) is 2.11. The average molecular weight is 273 g/mol. The summed E-state index contributed by atoms with van der Waals surface area (Å²) in [5.74, 6) is 1.24. The third-order valence-electron chi connectivity index (χ3n) is 3.13. The summed E-state index contributed by atoms with van der Waals surface area (Å²) in [5.41, 5.74) is 2.41. The van der Waals surface area contributed by atoms with Gasteiger partial charge in [-0.2, -0.15) is 0 Å². The van der Waals surface area contributed by atoms with Crippen LogP contribution in [0.3, 0.4) is 0 Å². The Morgan fingerprint density at radius 3 is 2.15 bits per heavy atom. The molecule has 0 N–H and O–H groups in total. The topological polar surface area (TPSA) is 61.6 Å². The molecule has 2 aromatic rings. The van der Waals surface area contributed by atoms with Gasteiger partial charge < -0.3 is 9.47 Å². The molecule has 5 heteroatoms. The minimum atomic E-state index is -0.412. The predicted molar refractivity (Wildman–Crippen MR) is 76.4 cm³/mol. The molecule has 0 aliphatic heterocycles. The molecule has 0 fully saturated rings. The lowest BCUT2D eigenvalue weighted by Gasteiger charge is -2.14. The zero-order valence-electron chi connectivity index (χ0n) is 11.5. The van der Waals surface area contributed by atoms with Crippen molar-refractivity contribution in [3.05, 3.63) is 52.1 Å². The highest BCUT2D eigenvalue weighted by Crippen LogP contribution is 2.40. The van der Waals surface area contributed by atoms with Crippen molar-refractivity contribution in [2.45, 2.75) is 6.92 Å². The molecule has 20 heavy (non-hydrogen) atoms. The number of benzene rings is 2. The predicted octanol–water partition coefficient (Wildman–Crippen LogP) is 3.59. The summed E-state index contributed by atoms with van der Waals surface area (Å²) in [6.45, 7) is 1.89. The second-order valence-electron chi connectivity index (χ2n) is 4.29. The van der Waals surface area contributed by atoms with Gasteiger partial charge in [0.2, 0.25) is 0 Å². The molecule has 0 saturated carbocycles. The highest BCUT2D eigenvalue weighted by molar-refractivity contribution is 5.80. The first kappa shape index (κ1) is 13.9. The van der Waals surface area contributed by atoms with Crippen LogP contribution in [-0.2, 0) is 0 Å². The van der Waals surface area contributed by atoms with Crippen molar-refractivity contribution < 1.29 is 14.4 Å². The van der Waals surface area contributed by atoms with Crippen LogP contribution >= 0.6 is 0 Å². The monoisotopic (exact) mass is 273 g/mol. The summed E-state index contributed by atoms with van der Waals surface area (Å²) in [7, 11) is 3.12. The Kier molecular flexibility index (Phi) is 3.89. The van der Waals surface area contributed by atoms with E-state index in [1.807, 2.05) is 13.0 Å². The van der Waals surface area contributed by atoms with E-state index in [9.17, 15) is 10.1 Å². The van der Waals surface area contributed by atoms with Crippen molar-refractivity contribution in [2.24, 2.45) is 0 Å². The number of aryl methyl sites for hydroxylation is 1. The number of methoxy groups -OCH3 is 2. The fourth-order valence-corrected chi connectivity index (χ4v) is 2.11. The summed E-state index contributed by atoms with van der Waals surface area (Å²) in [6.07, 6.45) is 0. The van der Waals surface area contributed by atoms with Crippen LogP contribution in [0, 0.1) is 17.0 Å². The van der Waals surface area contributed by atoms with Crippen molar-refractivity contribution in [1.29, 1.82) is 0 Å². The molecule has 0 bridgehead atoms. The molecule has 0 aliphatic carbocycles. The van der Waals surface area contributed by atoms with E-state index in [0.29, 0.717) is 11.5 Å². The number of nitro groups is 1. The lowest BCUT2D eigenvalue weighted by Crippen LogP contribution is -1.96. The third-order valence-corrected chi connectivity index (χ3v) is 3.13. The minimum absolute atomic E-state index is 0.0403. The van der Waals surface area contributed by atoms with Gasteiger partial charge in [0.05, 0.1) is 24.7 Å². The summed E-state index contributed by atoms with van der Waals surface area (Å²) < 4.78 is 10.7. The Balaban J connectivity index is 2.73. The molecule has 2 rings (SSSR count). The van der Waals surface area contributed by atoms with Gasteiger partial charge in [0, 0.05) is 12.1 Å². The second kappa shape index (κ2) is 5.61. The number of ether oxygens (including phenoxy) is 2. The van der Waals surface area contributed by atoms with E-state index in [1.54, 1.807) is 32.4 Å². The molecule has 0 saturated heterocycles. The Morgan fingerprint density at radius 1 is 1.05 bits per heavy atom. The van der Waals surface area contributed by atoms with Gasteiger partial charge in [0.15, 0.2) is 0 Å². The Morgan fingerprint density at radius 2 is 1.65 bits per heavy atom. The van der Waals surface area contributed by atoms with Gasteiger partial charge in [-0.3, -0.25) is 10.1 Å². The number of hydrogen-bond donors (Lipinski definition) is 0. The first-order valence-corrected chi connectivity index (χ1v) is 6.05. The van der Waals surface area contributed by atoms with Crippen LogP contribution in [0.2, 0.25) is 0 Å². The quantitative estimate of drug-likeness (QED) is 0.631. The average Bonchev–Trinajstić information content (AvgIpc) is 2.46. The fraction of sp³-hybridized carbons (Fsp3) is 0.200. The van der Waals surface area contributed by atoms with Crippen LogP contribution in [-0.4, -0.2) is 19.1 Å². The zero-order valence-corrected chi connectivity index (χ0v) is 11.5. The van der Waals surface area contributed by atoms with E-state index < -0.39 is 4.92 Å². The Labute approximate surface area is 116 Å². The molecule has 104 valence electrons. The Hall–Kier alpha value is -2.56. The molecule has 0 spiro atoms. The van der Waals surface area contributed by atoms with Gasteiger partial charge in [-0.25, -0.2) is 0 Å². The summed E-state index contributed by atoms with van der Waals surface area (Å²) in [5, 5.41) is 10.9. The molecule has 0 amide bonds. The molecule has 5 nitrogen and oxygen atoms in total. The summed E-state index contributed by atoms with van der Waals surface area (Å²) in [4.78, 5) is 10.5. The molecule has 0 unspecified atom stereocenters. The lowest BCUT2D eigenvalue weighted by molar-refractivity contribution is -0.384. The third kappa shape index (κ3) is 2.42. The SMILES string of the molecule is COc1cccc(OC)c1-c1cc([N+](=O)[O-])ccc1C. The highest BCUT2D eigenvalue weighted by atomic mass is 16.6. The van der Waals surface area contributed by atoms with Crippen molar-refractivity contribution >= 4 is 5.69 Å². The van der Waals surface area contributed by atoms with E-state index >= 15 is 0 Å². The van der Waals surface area contributed by atoms with Crippen LogP contribution in [0.5, 0.6) is 11.5 Å². The van der Waals surface area contributed by atoms with Gasteiger partial charge >= 0.3 is 0 Å². The van der Waals surface area contributed by atoms with Crippen LogP contribution in [0.15, 0.2) is 36.4 Å². The second-order valence-corrected chi connectivity index (χ2v) is 4.29. The molecular weight excluding hydrogens is 258 g/mol. The van der Waals surface area contributed by atoms with E-state index in [1.165, 1.54) is 12.1 Å². The lowest BCUT2D eigenvalue weighted by atomic mass is 9.98. The standard InChI is InChI=1S/C15H15NO4/c1-10-7-8-11(16(17)18)9-12(10)15-13(19-2)5-4-6-14(15)20-3/h4-9H,1-3H3. The number of hydrogen-bond acceptors (Lipinski definition) is 4. The van der Waals surface area contributed by atoms with Crippen molar-refractivity contribution in [1.82, 2.24) is 0 Å². The van der Waals surface area contributed by atoms with Crippen molar-refractivity contribution in [2.75, 3.05) is 14.2 Å². The maximum Gasteiger partial charge on any atom is 0.270 e. The summed E-state index contributed by atoms with van der Waals surface area (Å²) >= 11 is 0. The van der Waals surface area contributed by atoms with Gasteiger partial charge in [0.1, 0.15) is 11.5 Å². The first-order valence-electron chi connectivity index (χ1n) is 6.05. The molecule has 0 aromatic heterocycles. The van der Waals surface area contributed by atoms with E-state index in [-0.39, 0.29) is 5.69 Å². The van der Waals surface area contributed by atoms with Gasteiger partial charge in [-0.1, -0.05) is 12.1 Å². The van der Waals surface area contributed by atoms with Crippen LogP contribution in [0.25, 0.3) is 11.1 Å². The van der Waals surface area contributed by atoms with Crippen molar-refractivity contribution in [3.63, 3.8) is 0 Å². The summed E-state index contributed by atoms with van der Waals surface area (Å²) in [6, 6.07) is 10.2. The Bertz CT molecular complexity index is 630. The van der Waals surface area contributed by atoms with E-state index in [0.717, 1.165) is 16.7 Å². The highest BCUT2D eigenvalue weighted by Gasteiger charge is 2.17. The maximum absolute atomic E-state index is 10.9. The first-order chi connectivity index (χ1) is 9.58. The molecule has 0 radical (unpaired) electrons. The maximum atomic E-state index is 10.9. The number of nitrogens with zero attached hydrogens (tertiary/aromatic N) is 1. The number of nitro benzene ring substituents is 1. The van der Waals surface area contributed by atoms with Crippen LogP contribution in [0.1, 0.15) is 5.56 Å². The normalized spacial score (nSPS) is 10.2. The minimum Gasteiger partial charge on any atom is -0.496 e. The smallest absolute Gasteiger partial charge is 0.270 e. The molecule has 0 aliphatic rings. The van der Waals surface area contributed by atoms with Gasteiger partial charge in [-0.05, 0) is 30.2 Å². The molecular formula is C15H15NO4. The number of rotatable bonds is 4. The largest absolute Gasteiger partial charge is 0.496 e. The zero-order chi connectivity index (χ0) is 14.7. The van der Waals surface area contributed by atoms with Crippen LogP contribution < -0.4 is 9.47 Å². The van der Waals surface area contributed by atoms with Gasteiger partial charge in [-0.15, -0.1) is 0 Å². The molecule has 0 heterocycles. The van der Waals surface area contributed by atoms with Crippen molar-refractivity contribution in [3.8, 4) is 22.6 Å². The van der Waals surface area contributed by atoms with Gasteiger partial charge in [0.25, 0.3) is 5.69 Å². The van der Waals surface area contributed by atoms with Crippen LogP contribution in [0.4, 0.5) is 5.69 Å². The molecule has 0 atom stereocenters. The number of non-ortho nitro benzene ring substituents is 1. The van der Waals surface area contributed by atoms with E-state index in [2.05, 4.69) is 0 Å².